The molecule has 2 aromatic carbocycles. The highest BCUT2D eigenvalue weighted by atomic mass is 16.5. The number of rotatable bonds is 8. The molecule has 6 heteroatoms. The van der Waals surface area contributed by atoms with Crippen LogP contribution in [-0.2, 0) is 4.79 Å². The van der Waals surface area contributed by atoms with Gasteiger partial charge in [0.25, 0.3) is 0 Å². The van der Waals surface area contributed by atoms with Crippen LogP contribution in [0.15, 0.2) is 54.6 Å². The van der Waals surface area contributed by atoms with Crippen molar-refractivity contribution in [2.45, 2.75) is 18.9 Å². The van der Waals surface area contributed by atoms with Gasteiger partial charge in [-0.3, -0.25) is 9.69 Å². The van der Waals surface area contributed by atoms with Crippen LogP contribution in [-0.4, -0.2) is 55.6 Å². The molecule has 1 aliphatic heterocycles. The summed E-state index contributed by atoms with van der Waals surface area (Å²) in [5.74, 6) is 1.76. The number of hydrogen-bond donors (Lipinski definition) is 0. The number of hydrogen-bond acceptors (Lipinski definition) is 5. The Kier molecular flexibility index (Phi) is 7.48. The van der Waals surface area contributed by atoms with Crippen molar-refractivity contribution in [3.8, 4) is 17.6 Å². The maximum Gasteiger partial charge on any atom is 0.222 e. The van der Waals surface area contributed by atoms with Gasteiger partial charge in [-0.2, -0.15) is 5.26 Å². The summed E-state index contributed by atoms with van der Waals surface area (Å²) in [4.78, 5) is 16.5. The predicted octanol–water partition coefficient (Wildman–Crippen LogP) is 3.26. The van der Waals surface area contributed by atoms with E-state index in [9.17, 15) is 10.1 Å². The third kappa shape index (κ3) is 5.72. The predicted molar refractivity (Wildman–Crippen MR) is 111 cm³/mol. The minimum absolute atomic E-state index is 0.152. The van der Waals surface area contributed by atoms with Crippen LogP contribution in [0.25, 0.3) is 0 Å². The molecule has 0 radical (unpaired) electrons. The van der Waals surface area contributed by atoms with Crippen LogP contribution < -0.4 is 9.47 Å². The summed E-state index contributed by atoms with van der Waals surface area (Å²) < 4.78 is 10.8. The van der Waals surface area contributed by atoms with Gasteiger partial charge in [0.05, 0.1) is 19.8 Å². The molecule has 0 N–H and O–H groups in total. The Morgan fingerprint density at radius 3 is 2.34 bits per heavy atom. The van der Waals surface area contributed by atoms with E-state index in [4.69, 9.17) is 9.47 Å². The molecule has 1 fully saturated rings. The van der Waals surface area contributed by atoms with Gasteiger partial charge in [0.15, 0.2) is 0 Å². The van der Waals surface area contributed by atoms with Crippen LogP contribution in [0.3, 0.4) is 0 Å². The van der Waals surface area contributed by atoms with E-state index in [0.29, 0.717) is 45.6 Å². The summed E-state index contributed by atoms with van der Waals surface area (Å²) in [6.45, 7) is 3.20. The van der Waals surface area contributed by atoms with E-state index in [1.165, 1.54) is 0 Å². The van der Waals surface area contributed by atoms with Gasteiger partial charge < -0.3 is 14.4 Å². The maximum atomic E-state index is 12.5. The molecule has 1 unspecified atom stereocenters. The van der Waals surface area contributed by atoms with Gasteiger partial charge >= 0.3 is 0 Å². The Hall–Kier alpha value is -3.04. The number of para-hydroxylation sites is 1. The first kappa shape index (κ1) is 20.7. The fourth-order valence-corrected chi connectivity index (χ4v) is 3.47. The molecule has 1 heterocycles. The highest BCUT2D eigenvalue weighted by molar-refractivity contribution is 5.76. The number of piperazine rings is 1. The van der Waals surface area contributed by atoms with E-state index in [1.807, 2.05) is 59.5 Å². The summed E-state index contributed by atoms with van der Waals surface area (Å²) in [5, 5.41) is 9.65. The molecule has 29 heavy (non-hydrogen) atoms. The topological polar surface area (TPSA) is 65.8 Å². The SMILES string of the molecule is COc1ccc(C(C#N)N2CCN(C(=O)CCCOc3ccccc3)CC2)cc1. The molecule has 0 saturated carbocycles. The monoisotopic (exact) mass is 393 g/mol. The first-order valence-corrected chi connectivity index (χ1v) is 9.94. The van der Waals surface area contributed by atoms with Gasteiger partial charge in [0.1, 0.15) is 17.5 Å². The fraction of sp³-hybridized carbons (Fsp3) is 0.391. The molecule has 2 aromatic rings. The number of nitriles is 1. The van der Waals surface area contributed by atoms with Crippen molar-refractivity contribution in [3.63, 3.8) is 0 Å². The first-order chi connectivity index (χ1) is 14.2. The number of carbonyl (C=O) groups is 1. The molecule has 0 bridgehead atoms. The lowest BCUT2D eigenvalue weighted by Gasteiger charge is -2.37. The Morgan fingerprint density at radius 1 is 1.03 bits per heavy atom. The van der Waals surface area contributed by atoms with Crippen LogP contribution in [0.5, 0.6) is 11.5 Å². The van der Waals surface area contributed by atoms with Crippen molar-refractivity contribution in [3.05, 3.63) is 60.2 Å². The van der Waals surface area contributed by atoms with E-state index in [0.717, 1.165) is 17.1 Å². The molecule has 6 nitrogen and oxygen atoms in total. The second kappa shape index (κ2) is 10.5. The molecule has 0 aliphatic carbocycles. The number of benzene rings is 2. The number of methoxy groups -OCH3 is 1. The minimum Gasteiger partial charge on any atom is -0.497 e. The van der Waals surface area contributed by atoms with Crippen molar-refractivity contribution >= 4 is 5.91 Å². The van der Waals surface area contributed by atoms with E-state index < -0.39 is 0 Å². The number of carbonyl (C=O) groups excluding carboxylic acids is 1. The number of amides is 1. The third-order valence-corrected chi connectivity index (χ3v) is 5.13. The van der Waals surface area contributed by atoms with Crippen LogP contribution in [0.4, 0.5) is 0 Å². The summed E-state index contributed by atoms with van der Waals surface area (Å²) >= 11 is 0. The standard InChI is InChI=1S/C23H27N3O3/c1-28-20-11-9-19(10-12-20)22(18-24)25-13-15-26(16-14-25)23(27)8-5-17-29-21-6-3-2-4-7-21/h2-4,6-7,9-12,22H,5,8,13-17H2,1H3. The molecule has 0 aromatic heterocycles. The summed E-state index contributed by atoms with van der Waals surface area (Å²) in [6, 6.07) is 19.3. The number of ether oxygens (including phenoxy) is 2. The Labute approximate surface area is 172 Å². The molecule has 1 aliphatic rings. The fourth-order valence-electron chi connectivity index (χ4n) is 3.47. The second-order valence-corrected chi connectivity index (χ2v) is 6.99. The quantitative estimate of drug-likeness (QED) is 0.644. The Morgan fingerprint density at radius 2 is 1.72 bits per heavy atom. The van der Waals surface area contributed by atoms with Crippen LogP contribution in [0.2, 0.25) is 0 Å². The van der Waals surface area contributed by atoms with Crippen molar-refractivity contribution < 1.29 is 14.3 Å². The zero-order chi connectivity index (χ0) is 20.5. The normalized spacial score (nSPS) is 15.4. The van der Waals surface area contributed by atoms with Crippen LogP contribution in [0, 0.1) is 11.3 Å². The van der Waals surface area contributed by atoms with E-state index in [1.54, 1.807) is 7.11 Å². The van der Waals surface area contributed by atoms with Crippen molar-refractivity contribution in [1.29, 1.82) is 5.26 Å². The third-order valence-electron chi connectivity index (χ3n) is 5.13. The largest absolute Gasteiger partial charge is 0.497 e. The molecular formula is C23H27N3O3. The van der Waals surface area contributed by atoms with Crippen LogP contribution in [0.1, 0.15) is 24.4 Å². The minimum atomic E-state index is -0.308. The second-order valence-electron chi connectivity index (χ2n) is 6.99. The lowest BCUT2D eigenvalue weighted by atomic mass is 10.1. The lowest BCUT2D eigenvalue weighted by molar-refractivity contribution is -0.133. The maximum absolute atomic E-state index is 12.5. The van der Waals surface area contributed by atoms with Crippen molar-refractivity contribution in [2.24, 2.45) is 0 Å². The van der Waals surface area contributed by atoms with Crippen LogP contribution >= 0.6 is 0 Å². The highest BCUT2D eigenvalue weighted by Gasteiger charge is 2.26. The average Bonchev–Trinajstić information content (AvgIpc) is 2.79. The zero-order valence-corrected chi connectivity index (χ0v) is 16.8. The summed E-state index contributed by atoms with van der Waals surface area (Å²) in [6.07, 6.45) is 1.17. The average molecular weight is 393 g/mol. The van der Waals surface area contributed by atoms with Gasteiger partial charge in [0, 0.05) is 32.6 Å². The lowest BCUT2D eigenvalue weighted by Crippen LogP contribution is -2.49. The Bertz CT molecular complexity index is 810. The van der Waals surface area contributed by atoms with Gasteiger partial charge in [-0.05, 0) is 36.2 Å². The van der Waals surface area contributed by atoms with Crippen molar-refractivity contribution in [1.82, 2.24) is 9.80 Å². The van der Waals surface area contributed by atoms with Gasteiger partial charge in [0.2, 0.25) is 5.91 Å². The van der Waals surface area contributed by atoms with Crippen molar-refractivity contribution in [2.75, 3.05) is 39.9 Å². The summed E-state index contributed by atoms with van der Waals surface area (Å²) in [5.41, 5.74) is 0.950. The van der Waals surface area contributed by atoms with Gasteiger partial charge in [-0.1, -0.05) is 30.3 Å². The molecule has 0 spiro atoms. The number of nitrogens with zero attached hydrogens (tertiary/aromatic N) is 3. The zero-order valence-electron chi connectivity index (χ0n) is 16.8. The first-order valence-electron chi connectivity index (χ1n) is 9.94. The molecule has 1 amide bonds. The smallest absolute Gasteiger partial charge is 0.222 e. The Balaban J connectivity index is 1.42. The van der Waals surface area contributed by atoms with Gasteiger partial charge in [-0.15, -0.1) is 0 Å². The van der Waals surface area contributed by atoms with E-state index in [2.05, 4.69) is 11.0 Å². The molecule has 152 valence electrons. The van der Waals surface area contributed by atoms with E-state index >= 15 is 0 Å². The molecular weight excluding hydrogens is 366 g/mol. The van der Waals surface area contributed by atoms with Gasteiger partial charge in [-0.25, -0.2) is 0 Å². The molecule has 1 saturated heterocycles. The highest BCUT2D eigenvalue weighted by Crippen LogP contribution is 2.24. The summed E-state index contributed by atoms with van der Waals surface area (Å²) in [7, 11) is 1.63. The van der Waals surface area contributed by atoms with E-state index in [-0.39, 0.29) is 11.9 Å². The molecule has 1 atom stereocenters. The molecule has 3 rings (SSSR count).